The van der Waals surface area contributed by atoms with Gasteiger partial charge < -0.3 is 10.2 Å². The van der Waals surface area contributed by atoms with Crippen molar-refractivity contribution in [2.75, 3.05) is 17.2 Å². The maximum Gasteiger partial charge on any atom is 0.258 e. The third-order valence-corrected chi connectivity index (χ3v) is 6.24. The summed E-state index contributed by atoms with van der Waals surface area (Å²) in [5, 5.41) is 2.76. The van der Waals surface area contributed by atoms with Crippen LogP contribution in [0.1, 0.15) is 24.1 Å². The minimum absolute atomic E-state index is 0.0343. The van der Waals surface area contributed by atoms with E-state index in [9.17, 15) is 18.6 Å². The highest BCUT2D eigenvalue weighted by molar-refractivity contribution is 7.84. The van der Waals surface area contributed by atoms with Crippen LogP contribution in [0.25, 0.3) is 5.65 Å². The number of aromatic nitrogens is 2. The lowest BCUT2D eigenvalue weighted by Gasteiger charge is -2.16. The molecule has 9 heteroatoms. The summed E-state index contributed by atoms with van der Waals surface area (Å²) in [5.74, 6) is -0.343. The molecule has 1 aliphatic heterocycles. The summed E-state index contributed by atoms with van der Waals surface area (Å²) in [4.78, 5) is 42.2. The fourth-order valence-electron chi connectivity index (χ4n) is 3.51. The maximum atomic E-state index is 12.4. The Kier molecular flexibility index (Phi) is 6.22. The van der Waals surface area contributed by atoms with Crippen molar-refractivity contribution in [1.82, 2.24) is 14.7 Å². The lowest BCUT2D eigenvalue weighted by atomic mass is 10.2. The summed E-state index contributed by atoms with van der Waals surface area (Å²) >= 11 is 0. The first-order chi connectivity index (χ1) is 15.0. The number of hydrogen-bond donors (Lipinski definition) is 1. The Balaban J connectivity index is 1.29. The summed E-state index contributed by atoms with van der Waals surface area (Å²) in [6.07, 6.45) is 3.07. The molecule has 1 N–H and O–H groups in total. The standard InChI is InChI=1S/C22H22N4O4S/c27-20(23-13-16-6-8-18(9-7-16)25-11-3-5-21(25)28)15-31(30)14-17-12-22(29)26-10-2-1-4-19(26)24-17/h1-2,4,6-10,12H,3,5,11,13-15H2,(H,23,27). The summed E-state index contributed by atoms with van der Waals surface area (Å²) in [6, 6.07) is 14.0. The molecule has 2 amide bonds. The van der Waals surface area contributed by atoms with Gasteiger partial charge in [0, 0.05) is 48.3 Å². The average Bonchev–Trinajstić information content (AvgIpc) is 3.18. The van der Waals surface area contributed by atoms with Crippen molar-refractivity contribution in [2.45, 2.75) is 25.1 Å². The molecule has 160 valence electrons. The molecular formula is C22H22N4O4S. The Morgan fingerprint density at radius 2 is 1.94 bits per heavy atom. The fourth-order valence-corrected chi connectivity index (χ4v) is 4.48. The Morgan fingerprint density at radius 3 is 2.68 bits per heavy atom. The van der Waals surface area contributed by atoms with Crippen LogP contribution in [-0.2, 0) is 32.7 Å². The number of nitrogens with zero attached hydrogens (tertiary/aromatic N) is 3. The van der Waals surface area contributed by atoms with E-state index in [1.165, 1.54) is 10.5 Å². The third-order valence-electron chi connectivity index (χ3n) is 5.04. The van der Waals surface area contributed by atoms with E-state index in [0.29, 0.717) is 24.3 Å². The molecule has 1 saturated heterocycles. The SMILES string of the molecule is O=C(CS(=O)Cc1cc(=O)n2ccccc2n1)NCc1ccc(N2CCCC2=O)cc1. The lowest BCUT2D eigenvalue weighted by molar-refractivity contribution is -0.119. The molecule has 1 aliphatic rings. The summed E-state index contributed by atoms with van der Waals surface area (Å²) in [7, 11) is -1.49. The number of pyridine rings is 1. The summed E-state index contributed by atoms with van der Waals surface area (Å²) in [5.41, 5.74) is 2.37. The minimum atomic E-state index is -1.49. The zero-order valence-electron chi connectivity index (χ0n) is 16.8. The van der Waals surface area contributed by atoms with Crippen molar-refractivity contribution in [2.24, 2.45) is 0 Å². The van der Waals surface area contributed by atoms with E-state index in [-0.39, 0.29) is 28.9 Å². The van der Waals surface area contributed by atoms with Gasteiger partial charge in [-0.15, -0.1) is 0 Å². The molecule has 3 aromatic rings. The monoisotopic (exact) mass is 438 g/mol. The van der Waals surface area contributed by atoms with Gasteiger partial charge in [-0.05, 0) is 36.2 Å². The van der Waals surface area contributed by atoms with Gasteiger partial charge in [-0.25, -0.2) is 4.98 Å². The van der Waals surface area contributed by atoms with E-state index in [1.807, 2.05) is 24.3 Å². The van der Waals surface area contributed by atoms with Crippen molar-refractivity contribution in [3.05, 3.63) is 76.3 Å². The molecule has 0 bridgehead atoms. The van der Waals surface area contributed by atoms with Gasteiger partial charge in [0.05, 0.1) is 11.4 Å². The molecule has 31 heavy (non-hydrogen) atoms. The van der Waals surface area contributed by atoms with Crippen LogP contribution < -0.4 is 15.8 Å². The largest absolute Gasteiger partial charge is 0.351 e. The Labute approximate surface area is 181 Å². The molecule has 2 aromatic heterocycles. The van der Waals surface area contributed by atoms with E-state index in [0.717, 1.165) is 24.2 Å². The number of anilines is 1. The molecule has 0 spiro atoms. The van der Waals surface area contributed by atoms with Crippen LogP contribution in [0.5, 0.6) is 0 Å². The second kappa shape index (κ2) is 9.22. The highest BCUT2D eigenvalue weighted by Crippen LogP contribution is 2.21. The predicted molar refractivity (Wildman–Crippen MR) is 118 cm³/mol. The number of fused-ring (bicyclic) bond motifs is 1. The number of carbonyl (C=O) groups is 2. The van der Waals surface area contributed by atoms with Crippen molar-refractivity contribution >= 4 is 33.9 Å². The Bertz CT molecular complexity index is 1210. The molecule has 0 radical (unpaired) electrons. The molecular weight excluding hydrogens is 416 g/mol. The van der Waals surface area contributed by atoms with Gasteiger partial charge in [-0.1, -0.05) is 18.2 Å². The number of rotatable bonds is 7. The van der Waals surface area contributed by atoms with Crippen LogP contribution in [0.15, 0.2) is 59.5 Å². The van der Waals surface area contributed by atoms with Gasteiger partial charge in [-0.3, -0.25) is 23.0 Å². The normalized spacial score (nSPS) is 14.7. The first-order valence-corrected chi connectivity index (χ1v) is 11.5. The number of hydrogen-bond acceptors (Lipinski definition) is 5. The zero-order valence-corrected chi connectivity index (χ0v) is 17.6. The van der Waals surface area contributed by atoms with Crippen LogP contribution >= 0.6 is 0 Å². The van der Waals surface area contributed by atoms with Gasteiger partial charge in [0.25, 0.3) is 5.56 Å². The number of nitrogens with one attached hydrogen (secondary N) is 1. The van der Waals surface area contributed by atoms with E-state index in [1.54, 1.807) is 29.3 Å². The molecule has 0 aliphatic carbocycles. The van der Waals surface area contributed by atoms with Gasteiger partial charge in [0.15, 0.2) is 0 Å². The smallest absolute Gasteiger partial charge is 0.258 e. The van der Waals surface area contributed by atoms with E-state index < -0.39 is 10.8 Å². The number of carbonyl (C=O) groups excluding carboxylic acids is 2. The quantitative estimate of drug-likeness (QED) is 0.601. The van der Waals surface area contributed by atoms with E-state index in [4.69, 9.17) is 0 Å². The van der Waals surface area contributed by atoms with Crippen LogP contribution in [0.2, 0.25) is 0 Å². The van der Waals surface area contributed by atoms with Crippen LogP contribution in [0.4, 0.5) is 5.69 Å². The second-order valence-electron chi connectivity index (χ2n) is 7.34. The van der Waals surface area contributed by atoms with Gasteiger partial charge in [0.1, 0.15) is 11.4 Å². The second-order valence-corrected chi connectivity index (χ2v) is 8.79. The number of amides is 2. The number of benzene rings is 1. The van der Waals surface area contributed by atoms with Crippen LogP contribution in [-0.4, -0.2) is 37.7 Å². The highest BCUT2D eigenvalue weighted by Gasteiger charge is 2.21. The van der Waals surface area contributed by atoms with Gasteiger partial charge in [0.2, 0.25) is 11.8 Å². The van der Waals surface area contributed by atoms with Gasteiger partial charge >= 0.3 is 0 Å². The molecule has 3 heterocycles. The first-order valence-electron chi connectivity index (χ1n) is 9.98. The average molecular weight is 439 g/mol. The molecule has 1 atom stereocenters. The zero-order chi connectivity index (χ0) is 21.8. The molecule has 4 rings (SSSR count). The van der Waals surface area contributed by atoms with Crippen LogP contribution in [0, 0.1) is 0 Å². The summed E-state index contributed by atoms with van der Waals surface area (Å²) < 4.78 is 13.8. The Morgan fingerprint density at radius 1 is 1.13 bits per heavy atom. The molecule has 8 nitrogen and oxygen atoms in total. The molecule has 1 fully saturated rings. The summed E-state index contributed by atoms with van der Waals surface area (Å²) in [6.45, 7) is 1.04. The fraction of sp³-hybridized carbons (Fsp3) is 0.273. The van der Waals surface area contributed by atoms with Gasteiger partial charge in [-0.2, -0.15) is 0 Å². The van der Waals surface area contributed by atoms with E-state index >= 15 is 0 Å². The van der Waals surface area contributed by atoms with Crippen molar-refractivity contribution in [3.63, 3.8) is 0 Å². The topological polar surface area (TPSA) is 101 Å². The highest BCUT2D eigenvalue weighted by atomic mass is 32.2. The molecule has 0 saturated carbocycles. The van der Waals surface area contributed by atoms with Crippen molar-refractivity contribution in [1.29, 1.82) is 0 Å². The first kappa shape index (κ1) is 20.9. The molecule has 1 unspecified atom stereocenters. The Hall–Kier alpha value is -3.33. The van der Waals surface area contributed by atoms with Crippen molar-refractivity contribution < 1.29 is 13.8 Å². The van der Waals surface area contributed by atoms with Crippen molar-refractivity contribution in [3.8, 4) is 0 Å². The predicted octanol–water partition coefficient (Wildman–Crippen LogP) is 1.39. The van der Waals surface area contributed by atoms with E-state index in [2.05, 4.69) is 10.3 Å². The third kappa shape index (κ3) is 5.05. The lowest BCUT2D eigenvalue weighted by Crippen LogP contribution is -2.28. The van der Waals surface area contributed by atoms with Crippen LogP contribution in [0.3, 0.4) is 0 Å². The maximum absolute atomic E-state index is 12.4. The molecule has 1 aromatic carbocycles. The minimum Gasteiger partial charge on any atom is -0.351 e.